The minimum Gasteiger partial charge on any atom is -0.507 e. The van der Waals surface area contributed by atoms with Crippen LogP contribution in [0.1, 0.15) is 18.4 Å². The maximum absolute atomic E-state index is 12.8. The highest BCUT2D eigenvalue weighted by atomic mass is 19.4. The van der Waals surface area contributed by atoms with Gasteiger partial charge < -0.3 is 15.3 Å². The van der Waals surface area contributed by atoms with Gasteiger partial charge in [-0.05, 0) is 50.7 Å². The highest BCUT2D eigenvalue weighted by molar-refractivity contribution is 5.73. The summed E-state index contributed by atoms with van der Waals surface area (Å²) in [7, 11) is 2.06. The highest BCUT2D eigenvalue weighted by Gasteiger charge is 2.31. The van der Waals surface area contributed by atoms with Crippen LogP contribution in [0.5, 0.6) is 5.75 Å². The van der Waals surface area contributed by atoms with Gasteiger partial charge in [-0.1, -0.05) is 0 Å². The Morgan fingerprint density at radius 3 is 2.75 bits per heavy atom. The van der Waals surface area contributed by atoms with Crippen LogP contribution in [0.3, 0.4) is 0 Å². The van der Waals surface area contributed by atoms with E-state index in [0.717, 1.165) is 32.0 Å². The number of hydrogen-bond donors (Lipinski definition) is 2. The van der Waals surface area contributed by atoms with Crippen molar-refractivity contribution >= 4 is 11.3 Å². The first-order valence-corrected chi connectivity index (χ1v) is 8.89. The summed E-state index contributed by atoms with van der Waals surface area (Å²) in [6, 6.07) is 4.71. The average Bonchev–Trinajstić information content (AvgIpc) is 3.12. The van der Waals surface area contributed by atoms with Crippen LogP contribution in [0.4, 0.5) is 19.0 Å². The minimum atomic E-state index is -4.54. The van der Waals surface area contributed by atoms with Crippen molar-refractivity contribution in [2.45, 2.75) is 25.1 Å². The molecule has 1 atom stereocenters. The summed E-state index contributed by atoms with van der Waals surface area (Å²) < 4.78 is 40.0. The molecule has 1 aromatic carbocycles. The Morgan fingerprint density at radius 1 is 1.21 bits per heavy atom. The highest BCUT2D eigenvalue weighted by Crippen LogP contribution is 2.36. The number of nitrogens with zero attached hydrogens (tertiary/aromatic N) is 5. The molecule has 1 aliphatic rings. The van der Waals surface area contributed by atoms with Crippen molar-refractivity contribution in [3.8, 4) is 17.1 Å². The molecule has 1 saturated heterocycles. The van der Waals surface area contributed by atoms with Gasteiger partial charge >= 0.3 is 6.18 Å². The smallest absolute Gasteiger partial charge is 0.416 e. The zero-order chi connectivity index (χ0) is 19.9. The molecular formula is C18H19F3N6O. The fourth-order valence-corrected chi connectivity index (χ4v) is 3.49. The monoisotopic (exact) mass is 392 g/mol. The van der Waals surface area contributed by atoms with Gasteiger partial charge in [0, 0.05) is 12.6 Å². The van der Waals surface area contributed by atoms with Gasteiger partial charge in [0.2, 0.25) is 0 Å². The first kappa shape index (κ1) is 18.5. The molecule has 2 aromatic heterocycles. The summed E-state index contributed by atoms with van der Waals surface area (Å²) in [4.78, 5) is 2.23. The van der Waals surface area contributed by atoms with Gasteiger partial charge in [0.25, 0.3) is 0 Å². The first-order chi connectivity index (χ1) is 13.3. The Labute approximate surface area is 158 Å². The molecule has 0 aliphatic carbocycles. The summed E-state index contributed by atoms with van der Waals surface area (Å²) in [5, 5.41) is 26.0. The Morgan fingerprint density at radius 2 is 2.04 bits per heavy atom. The lowest BCUT2D eigenvalue weighted by atomic mass is 10.1. The first-order valence-electron chi connectivity index (χ1n) is 8.89. The summed E-state index contributed by atoms with van der Waals surface area (Å²) in [5.41, 5.74) is -0.172. The summed E-state index contributed by atoms with van der Waals surface area (Å²) in [6.45, 7) is 1.93. The number of hydrogen-bond acceptors (Lipinski definition) is 6. The van der Waals surface area contributed by atoms with Crippen molar-refractivity contribution in [2.75, 3.05) is 25.5 Å². The van der Waals surface area contributed by atoms with E-state index in [4.69, 9.17) is 0 Å². The molecule has 1 fully saturated rings. The molecule has 4 rings (SSSR count). The largest absolute Gasteiger partial charge is 0.507 e. The third-order valence-electron chi connectivity index (χ3n) is 4.86. The van der Waals surface area contributed by atoms with E-state index in [1.165, 1.54) is 10.6 Å². The molecule has 0 amide bonds. The van der Waals surface area contributed by atoms with Gasteiger partial charge in [-0.25, -0.2) is 4.52 Å². The molecule has 2 N–H and O–H groups in total. The lowest BCUT2D eigenvalue weighted by Gasteiger charge is -2.30. The van der Waals surface area contributed by atoms with Crippen molar-refractivity contribution in [3.63, 3.8) is 0 Å². The van der Waals surface area contributed by atoms with Gasteiger partial charge in [0.15, 0.2) is 11.6 Å². The minimum absolute atomic E-state index is 0.123. The van der Waals surface area contributed by atoms with Gasteiger partial charge in [-0.15, -0.1) is 10.2 Å². The van der Waals surface area contributed by atoms with E-state index in [-0.39, 0.29) is 17.4 Å². The second-order valence-corrected chi connectivity index (χ2v) is 6.98. The Hall–Kier alpha value is -2.88. The van der Waals surface area contributed by atoms with Crippen molar-refractivity contribution in [1.82, 2.24) is 24.7 Å². The number of likely N-dealkylation sites (N-methyl/N-ethyl adjacent to an activating group) is 1. The number of alkyl halides is 3. The molecule has 3 heterocycles. The number of benzene rings is 1. The van der Waals surface area contributed by atoms with E-state index in [0.29, 0.717) is 17.4 Å². The molecule has 10 heteroatoms. The van der Waals surface area contributed by atoms with E-state index >= 15 is 0 Å². The number of aromatic nitrogens is 4. The number of halogens is 3. The average molecular weight is 392 g/mol. The lowest BCUT2D eigenvalue weighted by molar-refractivity contribution is -0.137. The van der Waals surface area contributed by atoms with E-state index in [1.54, 1.807) is 12.3 Å². The Bertz CT molecular complexity index is 1000. The second-order valence-electron chi connectivity index (χ2n) is 6.98. The molecule has 0 radical (unpaired) electrons. The van der Waals surface area contributed by atoms with E-state index < -0.39 is 17.5 Å². The van der Waals surface area contributed by atoms with Crippen LogP contribution >= 0.6 is 0 Å². The molecule has 28 heavy (non-hydrogen) atoms. The molecule has 0 spiro atoms. The van der Waals surface area contributed by atoms with Crippen LogP contribution < -0.4 is 5.32 Å². The maximum Gasteiger partial charge on any atom is 0.416 e. The van der Waals surface area contributed by atoms with E-state index in [2.05, 4.69) is 32.6 Å². The van der Waals surface area contributed by atoms with Gasteiger partial charge in [-0.2, -0.15) is 18.3 Å². The normalized spacial score (nSPS) is 18.5. The van der Waals surface area contributed by atoms with Crippen molar-refractivity contribution < 1.29 is 18.3 Å². The predicted octanol–water partition coefficient (Wildman–Crippen LogP) is 3.02. The third kappa shape index (κ3) is 3.47. The van der Waals surface area contributed by atoms with Crippen LogP contribution in [0.25, 0.3) is 16.9 Å². The molecule has 0 bridgehead atoms. The molecule has 148 valence electrons. The molecule has 3 aromatic rings. The number of fused-ring (bicyclic) bond motifs is 1. The zero-order valence-electron chi connectivity index (χ0n) is 15.1. The van der Waals surface area contributed by atoms with Gasteiger partial charge in [-0.3, -0.25) is 0 Å². The van der Waals surface area contributed by atoms with Crippen molar-refractivity contribution in [1.29, 1.82) is 0 Å². The number of phenols is 1. The molecule has 7 nitrogen and oxygen atoms in total. The summed E-state index contributed by atoms with van der Waals surface area (Å²) in [5.74, 6) is 0.182. The number of piperidine rings is 1. The van der Waals surface area contributed by atoms with Gasteiger partial charge in [0.05, 0.1) is 17.3 Å². The standard InChI is InChI=1S/C18H19F3N6O/c1-26-8-2-3-12(10-26)23-16-14-6-7-22-27(14)17(25-24-16)13-5-4-11(9-15(13)28)18(19,20)21/h4-7,9,12,28H,2-3,8,10H2,1H3,(H,23,24). The van der Waals surface area contributed by atoms with E-state index in [1.807, 2.05) is 0 Å². The number of nitrogens with one attached hydrogen (secondary N) is 1. The topological polar surface area (TPSA) is 78.6 Å². The summed E-state index contributed by atoms with van der Waals surface area (Å²) in [6.07, 6.45) is -0.895. The van der Waals surface area contributed by atoms with Crippen molar-refractivity contribution in [2.24, 2.45) is 0 Å². The molecule has 1 aliphatic heterocycles. The number of rotatable bonds is 3. The number of anilines is 1. The van der Waals surface area contributed by atoms with Gasteiger partial charge in [0.1, 0.15) is 11.3 Å². The lowest BCUT2D eigenvalue weighted by Crippen LogP contribution is -2.40. The van der Waals surface area contributed by atoms with Crippen LogP contribution in [-0.2, 0) is 6.18 Å². The number of phenolic OH excluding ortho intramolecular Hbond substituents is 1. The molecule has 1 unspecified atom stereocenters. The fourth-order valence-electron chi connectivity index (χ4n) is 3.49. The maximum atomic E-state index is 12.8. The predicted molar refractivity (Wildman–Crippen MR) is 97.0 cm³/mol. The zero-order valence-corrected chi connectivity index (χ0v) is 15.1. The van der Waals surface area contributed by atoms with Crippen LogP contribution in [0.15, 0.2) is 30.5 Å². The van der Waals surface area contributed by atoms with Crippen LogP contribution in [-0.4, -0.2) is 56.0 Å². The number of aromatic hydroxyl groups is 1. The fraction of sp³-hybridized carbons (Fsp3) is 0.389. The van der Waals surface area contributed by atoms with Crippen LogP contribution in [0, 0.1) is 0 Å². The quantitative estimate of drug-likeness (QED) is 0.714. The molecule has 0 saturated carbocycles. The Kier molecular flexibility index (Phi) is 4.58. The van der Waals surface area contributed by atoms with E-state index in [9.17, 15) is 18.3 Å². The SMILES string of the molecule is CN1CCCC(Nc2nnc(-c3ccc(C(F)(F)F)cc3O)n3nccc23)C1. The van der Waals surface area contributed by atoms with Crippen LogP contribution in [0.2, 0.25) is 0 Å². The van der Waals surface area contributed by atoms with Crippen molar-refractivity contribution in [3.05, 3.63) is 36.0 Å². The Balaban J connectivity index is 1.70. The summed E-state index contributed by atoms with van der Waals surface area (Å²) >= 11 is 0. The number of likely N-dealkylation sites (tertiary alicyclic amines) is 1. The molecular weight excluding hydrogens is 373 g/mol. The third-order valence-corrected chi connectivity index (χ3v) is 4.86. The second kappa shape index (κ2) is 6.93.